The van der Waals surface area contributed by atoms with E-state index in [1.165, 1.54) is 11.3 Å². The first-order valence-corrected chi connectivity index (χ1v) is 8.69. The van der Waals surface area contributed by atoms with Crippen LogP contribution < -0.4 is 5.32 Å². The first-order chi connectivity index (χ1) is 12.0. The Balaban J connectivity index is 2.07. The maximum absolute atomic E-state index is 12.2. The average molecular weight is 364 g/mol. The number of nitrogens with one attached hydrogen (secondary N) is 2. The molecule has 0 spiro atoms. The van der Waals surface area contributed by atoms with Crippen molar-refractivity contribution >= 4 is 34.2 Å². The molecule has 0 bridgehead atoms. The largest absolute Gasteiger partial charge is 0.462 e. The SMILES string of the molecule is CCOC(=O)c1c(NC(=O)COC(=O)c2ccc[nH]2)sc(C)c1CC. The molecule has 0 atom stereocenters. The van der Waals surface area contributed by atoms with Gasteiger partial charge >= 0.3 is 11.9 Å². The fourth-order valence-electron chi connectivity index (χ4n) is 2.34. The number of rotatable bonds is 7. The highest BCUT2D eigenvalue weighted by Crippen LogP contribution is 2.34. The molecule has 25 heavy (non-hydrogen) atoms. The summed E-state index contributed by atoms with van der Waals surface area (Å²) >= 11 is 1.30. The van der Waals surface area contributed by atoms with E-state index in [1.807, 2.05) is 13.8 Å². The summed E-state index contributed by atoms with van der Waals surface area (Å²) < 4.78 is 10.0. The van der Waals surface area contributed by atoms with Crippen LogP contribution in [0, 0.1) is 6.92 Å². The smallest absolute Gasteiger partial charge is 0.355 e. The van der Waals surface area contributed by atoms with Gasteiger partial charge in [-0.15, -0.1) is 11.3 Å². The molecule has 0 unspecified atom stereocenters. The van der Waals surface area contributed by atoms with Crippen LogP contribution in [0.1, 0.15) is 45.1 Å². The number of amides is 1. The number of aromatic amines is 1. The van der Waals surface area contributed by atoms with Crippen molar-refractivity contribution in [2.24, 2.45) is 0 Å². The summed E-state index contributed by atoms with van der Waals surface area (Å²) in [6.45, 7) is 5.34. The van der Waals surface area contributed by atoms with Crippen LogP contribution in [-0.4, -0.2) is 36.0 Å². The van der Waals surface area contributed by atoms with E-state index in [1.54, 1.807) is 25.3 Å². The zero-order valence-corrected chi connectivity index (χ0v) is 15.1. The Kier molecular flexibility index (Phi) is 6.35. The van der Waals surface area contributed by atoms with Crippen LogP contribution >= 0.6 is 11.3 Å². The van der Waals surface area contributed by atoms with Crippen LogP contribution in [-0.2, 0) is 20.7 Å². The predicted octanol–water partition coefficient (Wildman–Crippen LogP) is 2.92. The number of thiophene rings is 1. The van der Waals surface area contributed by atoms with Crippen LogP contribution in [0.5, 0.6) is 0 Å². The van der Waals surface area contributed by atoms with Crippen LogP contribution in [0.15, 0.2) is 18.3 Å². The summed E-state index contributed by atoms with van der Waals surface area (Å²) in [5, 5.41) is 3.05. The van der Waals surface area contributed by atoms with E-state index in [2.05, 4.69) is 10.3 Å². The van der Waals surface area contributed by atoms with Gasteiger partial charge in [-0.25, -0.2) is 9.59 Å². The number of hydrogen-bond acceptors (Lipinski definition) is 6. The van der Waals surface area contributed by atoms with E-state index in [9.17, 15) is 14.4 Å². The lowest BCUT2D eigenvalue weighted by Crippen LogP contribution is -2.22. The van der Waals surface area contributed by atoms with Crippen molar-refractivity contribution in [3.05, 3.63) is 40.0 Å². The summed E-state index contributed by atoms with van der Waals surface area (Å²) in [7, 11) is 0. The molecule has 2 rings (SSSR count). The minimum absolute atomic E-state index is 0.248. The molecular formula is C17H20N2O5S. The third kappa shape index (κ3) is 4.48. The fraction of sp³-hybridized carbons (Fsp3) is 0.353. The first kappa shape index (κ1) is 18.7. The molecule has 7 nitrogen and oxygen atoms in total. The number of anilines is 1. The molecular weight excluding hydrogens is 344 g/mol. The number of carbonyl (C=O) groups is 3. The molecule has 2 N–H and O–H groups in total. The molecule has 134 valence electrons. The molecule has 2 aromatic heterocycles. The zero-order chi connectivity index (χ0) is 18.4. The van der Waals surface area contributed by atoms with Crippen molar-refractivity contribution < 1.29 is 23.9 Å². The lowest BCUT2D eigenvalue weighted by atomic mass is 10.1. The Hall–Kier alpha value is -2.61. The molecule has 0 aliphatic carbocycles. The molecule has 0 radical (unpaired) electrons. The van der Waals surface area contributed by atoms with Crippen molar-refractivity contribution in [3.63, 3.8) is 0 Å². The van der Waals surface area contributed by atoms with Crippen LogP contribution in [0.4, 0.5) is 5.00 Å². The lowest BCUT2D eigenvalue weighted by Gasteiger charge is -2.08. The van der Waals surface area contributed by atoms with Crippen LogP contribution in [0.3, 0.4) is 0 Å². The van der Waals surface area contributed by atoms with Crippen LogP contribution in [0.25, 0.3) is 0 Å². The monoisotopic (exact) mass is 364 g/mol. The third-order valence-electron chi connectivity index (χ3n) is 3.45. The van der Waals surface area contributed by atoms with E-state index in [-0.39, 0.29) is 12.3 Å². The number of carbonyl (C=O) groups excluding carboxylic acids is 3. The van der Waals surface area contributed by atoms with E-state index >= 15 is 0 Å². The predicted molar refractivity (Wildman–Crippen MR) is 94.1 cm³/mol. The molecule has 2 heterocycles. The van der Waals surface area contributed by atoms with E-state index in [0.717, 1.165) is 10.4 Å². The summed E-state index contributed by atoms with van der Waals surface area (Å²) in [5.74, 6) is -1.61. The number of aromatic nitrogens is 1. The number of esters is 2. The lowest BCUT2D eigenvalue weighted by molar-refractivity contribution is -0.119. The molecule has 0 aliphatic heterocycles. The quantitative estimate of drug-likeness (QED) is 0.736. The van der Waals surface area contributed by atoms with Gasteiger partial charge in [0, 0.05) is 11.1 Å². The van der Waals surface area contributed by atoms with Gasteiger partial charge < -0.3 is 19.8 Å². The van der Waals surface area contributed by atoms with Gasteiger partial charge in [0.2, 0.25) is 0 Å². The Morgan fingerprint density at radius 1 is 1.20 bits per heavy atom. The highest BCUT2D eigenvalue weighted by atomic mass is 32.1. The normalized spacial score (nSPS) is 10.4. The Morgan fingerprint density at radius 2 is 1.96 bits per heavy atom. The average Bonchev–Trinajstić information content (AvgIpc) is 3.20. The van der Waals surface area contributed by atoms with E-state index in [0.29, 0.717) is 17.0 Å². The molecule has 0 aromatic carbocycles. The summed E-state index contributed by atoms with van der Waals surface area (Å²) in [5.41, 5.74) is 1.48. The molecule has 1 amide bonds. The maximum atomic E-state index is 12.2. The molecule has 8 heteroatoms. The van der Waals surface area contributed by atoms with Gasteiger partial charge in [0.05, 0.1) is 12.2 Å². The zero-order valence-electron chi connectivity index (χ0n) is 14.3. The summed E-state index contributed by atoms with van der Waals surface area (Å²) in [6.07, 6.45) is 2.23. The van der Waals surface area contributed by atoms with E-state index < -0.39 is 24.5 Å². The second-order valence-electron chi connectivity index (χ2n) is 5.12. The maximum Gasteiger partial charge on any atom is 0.355 e. The molecule has 0 saturated heterocycles. The van der Waals surface area contributed by atoms with Crippen molar-refractivity contribution in [2.45, 2.75) is 27.2 Å². The second kappa shape index (κ2) is 8.48. The van der Waals surface area contributed by atoms with Gasteiger partial charge in [0.25, 0.3) is 5.91 Å². The number of H-pyrrole nitrogens is 1. The Bertz CT molecular complexity index is 764. The Labute approximate surface area is 149 Å². The third-order valence-corrected chi connectivity index (χ3v) is 4.51. The first-order valence-electron chi connectivity index (χ1n) is 7.87. The van der Waals surface area contributed by atoms with Gasteiger partial charge in [0.1, 0.15) is 10.7 Å². The molecule has 0 saturated carbocycles. The fourth-order valence-corrected chi connectivity index (χ4v) is 3.49. The number of aryl methyl sites for hydroxylation is 1. The molecule has 0 aliphatic rings. The number of hydrogen-bond donors (Lipinski definition) is 2. The van der Waals surface area contributed by atoms with Gasteiger partial charge in [-0.3, -0.25) is 4.79 Å². The Morgan fingerprint density at radius 3 is 2.56 bits per heavy atom. The van der Waals surface area contributed by atoms with Crippen molar-refractivity contribution in [3.8, 4) is 0 Å². The second-order valence-corrected chi connectivity index (χ2v) is 6.35. The van der Waals surface area contributed by atoms with Gasteiger partial charge in [-0.05, 0) is 38.0 Å². The minimum atomic E-state index is -0.623. The standard InChI is InChI=1S/C17H20N2O5S/c1-4-11-10(3)25-15(14(11)17(22)23-5-2)19-13(20)9-24-16(21)12-7-6-8-18-12/h6-8,18H,4-5,9H2,1-3H3,(H,19,20). The van der Waals surface area contributed by atoms with Gasteiger partial charge in [-0.1, -0.05) is 6.92 Å². The number of ether oxygens (including phenoxy) is 2. The highest BCUT2D eigenvalue weighted by Gasteiger charge is 2.23. The van der Waals surface area contributed by atoms with Gasteiger partial charge in [-0.2, -0.15) is 0 Å². The van der Waals surface area contributed by atoms with Crippen molar-refractivity contribution in [2.75, 3.05) is 18.5 Å². The molecule has 0 fully saturated rings. The van der Waals surface area contributed by atoms with Gasteiger partial charge in [0.15, 0.2) is 6.61 Å². The van der Waals surface area contributed by atoms with Crippen molar-refractivity contribution in [1.29, 1.82) is 0 Å². The van der Waals surface area contributed by atoms with Crippen molar-refractivity contribution in [1.82, 2.24) is 4.98 Å². The molecule has 2 aromatic rings. The minimum Gasteiger partial charge on any atom is -0.462 e. The van der Waals surface area contributed by atoms with E-state index in [4.69, 9.17) is 9.47 Å². The summed E-state index contributed by atoms with van der Waals surface area (Å²) in [4.78, 5) is 39.6. The summed E-state index contributed by atoms with van der Waals surface area (Å²) in [6, 6.07) is 3.21. The highest BCUT2D eigenvalue weighted by molar-refractivity contribution is 7.16. The van der Waals surface area contributed by atoms with Crippen LogP contribution in [0.2, 0.25) is 0 Å². The topological polar surface area (TPSA) is 97.5 Å².